The van der Waals surface area contributed by atoms with Crippen molar-refractivity contribution in [1.82, 2.24) is 0 Å². The second kappa shape index (κ2) is 7.12. The van der Waals surface area contributed by atoms with Gasteiger partial charge in [0.2, 0.25) is 0 Å². The van der Waals surface area contributed by atoms with Crippen molar-refractivity contribution in [3.05, 3.63) is 29.8 Å². The van der Waals surface area contributed by atoms with Crippen LogP contribution in [0.4, 0.5) is 5.69 Å². The fourth-order valence-corrected chi connectivity index (χ4v) is 3.44. The molecule has 0 aromatic heterocycles. The minimum atomic E-state index is -0.113. The third kappa shape index (κ3) is 3.99. The van der Waals surface area contributed by atoms with E-state index >= 15 is 0 Å². The molecule has 1 fully saturated rings. The average Bonchev–Trinajstić information content (AvgIpc) is 2.66. The molecule has 0 amide bonds. The summed E-state index contributed by atoms with van der Waals surface area (Å²) in [6.07, 6.45) is 8.58. The Labute approximate surface area is 123 Å². The first-order valence-corrected chi connectivity index (χ1v) is 8.13. The van der Waals surface area contributed by atoms with Crippen LogP contribution in [0.3, 0.4) is 0 Å². The third-order valence-corrected chi connectivity index (χ3v) is 4.76. The van der Waals surface area contributed by atoms with Crippen LogP contribution in [-0.2, 0) is 0 Å². The van der Waals surface area contributed by atoms with Gasteiger partial charge in [0, 0.05) is 5.69 Å². The van der Waals surface area contributed by atoms with Gasteiger partial charge in [-0.15, -0.1) is 0 Å². The first-order valence-electron chi connectivity index (χ1n) is 8.13. The van der Waals surface area contributed by atoms with Gasteiger partial charge in [-0.25, -0.2) is 0 Å². The van der Waals surface area contributed by atoms with E-state index < -0.39 is 0 Å². The second-order valence-corrected chi connectivity index (χ2v) is 6.52. The monoisotopic (exact) mass is 275 g/mol. The van der Waals surface area contributed by atoms with Crippen LogP contribution in [0.5, 0.6) is 0 Å². The van der Waals surface area contributed by atoms with E-state index in [0.717, 1.165) is 24.4 Å². The molecule has 2 rings (SSSR count). The van der Waals surface area contributed by atoms with Crippen LogP contribution in [0, 0.1) is 12.8 Å². The van der Waals surface area contributed by atoms with Crippen molar-refractivity contribution >= 4 is 5.69 Å². The van der Waals surface area contributed by atoms with Gasteiger partial charge >= 0.3 is 0 Å². The Morgan fingerprint density at radius 3 is 2.60 bits per heavy atom. The summed E-state index contributed by atoms with van der Waals surface area (Å²) in [5.41, 5.74) is 2.30. The first-order chi connectivity index (χ1) is 9.67. The normalized spacial score (nSPS) is 27.1. The van der Waals surface area contributed by atoms with Gasteiger partial charge in [-0.05, 0) is 44.2 Å². The molecule has 2 atom stereocenters. The van der Waals surface area contributed by atoms with Crippen LogP contribution in [0.15, 0.2) is 24.3 Å². The molecule has 1 saturated carbocycles. The number of hydrogen-bond acceptors (Lipinski definition) is 2. The molecule has 1 aliphatic rings. The maximum atomic E-state index is 9.94. The highest BCUT2D eigenvalue weighted by atomic mass is 16.3. The van der Waals surface area contributed by atoms with Crippen molar-refractivity contribution in [3.63, 3.8) is 0 Å². The number of rotatable bonds is 5. The fourth-order valence-electron chi connectivity index (χ4n) is 3.44. The number of nitrogens with one attached hydrogen (secondary N) is 1. The van der Waals surface area contributed by atoms with E-state index in [-0.39, 0.29) is 12.1 Å². The maximum absolute atomic E-state index is 9.94. The maximum Gasteiger partial charge on any atom is 0.0661 e. The van der Waals surface area contributed by atoms with Gasteiger partial charge in [0.15, 0.2) is 0 Å². The predicted molar refractivity (Wildman–Crippen MR) is 86.1 cm³/mol. The van der Waals surface area contributed by atoms with Crippen molar-refractivity contribution in [1.29, 1.82) is 0 Å². The number of aliphatic hydroxyl groups excluding tert-OH is 1. The van der Waals surface area contributed by atoms with E-state index in [9.17, 15) is 5.11 Å². The van der Waals surface area contributed by atoms with Crippen LogP contribution in [0.25, 0.3) is 0 Å². The molecule has 1 aromatic carbocycles. The highest BCUT2D eigenvalue weighted by Crippen LogP contribution is 2.34. The molecular formula is C18H29NO. The third-order valence-electron chi connectivity index (χ3n) is 4.76. The summed E-state index contributed by atoms with van der Waals surface area (Å²) in [4.78, 5) is 0. The second-order valence-electron chi connectivity index (χ2n) is 6.52. The summed E-state index contributed by atoms with van der Waals surface area (Å²) >= 11 is 0. The van der Waals surface area contributed by atoms with Gasteiger partial charge in [-0.3, -0.25) is 0 Å². The number of anilines is 1. The number of benzene rings is 1. The summed E-state index contributed by atoms with van der Waals surface area (Å²) in [5.74, 6) is 0.855. The summed E-state index contributed by atoms with van der Waals surface area (Å²) in [6, 6.07) is 8.51. The molecule has 1 aliphatic carbocycles. The molecule has 20 heavy (non-hydrogen) atoms. The standard InChI is InChI=1S/C18H29NO/c1-3-5-16-6-4-12-18(14-20,13-11-16)19-17-9-7-15(2)8-10-17/h7-10,16,19-20H,3-6,11-14H2,1-2H3. The number of aryl methyl sites for hydroxylation is 1. The van der Waals surface area contributed by atoms with Crippen LogP contribution < -0.4 is 5.32 Å². The van der Waals surface area contributed by atoms with Crippen LogP contribution in [0.1, 0.15) is 57.4 Å². The Hall–Kier alpha value is -1.02. The highest BCUT2D eigenvalue weighted by Gasteiger charge is 2.32. The molecule has 0 bridgehead atoms. The molecule has 0 heterocycles. The van der Waals surface area contributed by atoms with Crippen molar-refractivity contribution in [2.45, 2.75) is 64.3 Å². The molecule has 2 heteroatoms. The molecular weight excluding hydrogens is 246 g/mol. The molecule has 0 saturated heterocycles. The summed E-state index contributed by atoms with van der Waals surface area (Å²) in [7, 11) is 0. The minimum absolute atomic E-state index is 0.113. The lowest BCUT2D eigenvalue weighted by molar-refractivity contribution is 0.194. The molecule has 0 radical (unpaired) electrons. The smallest absolute Gasteiger partial charge is 0.0661 e. The van der Waals surface area contributed by atoms with Crippen molar-refractivity contribution in [3.8, 4) is 0 Å². The van der Waals surface area contributed by atoms with Gasteiger partial charge in [0.25, 0.3) is 0 Å². The summed E-state index contributed by atoms with van der Waals surface area (Å²) in [6.45, 7) is 4.61. The first kappa shape index (κ1) is 15.4. The minimum Gasteiger partial charge on any atom is -0.394 e. The largest absolute Gasteiger partial charge is 0.394 e. The zero-order chi connectivity index (χ0) is 14.4. The summed E-state index contributed by atoms with van der Waals surface area (Å²) in [5, 5.41) is 13.6. The molecule has 2 N–H and O–H groups in total. The fraction of sp³-hybridized carbons (Fsp3) is 0.667. The Balaban J connectivity index is 2.03. The quantitative estimate of drug-likeness (QED) is 0.774. The lowest BCUT2D eigenvalue weighted by Gasteiger charge is -2.33. The zero-order valence-corrected chi connectivity index (χ0v) is 13.0. The lowest BCUT2D eigenvalue weighted by atomic mass is 9.89. The molecule has 112 valence electrons. The predicted octanol–water partition coefficient (Wildman–Crippen LogP) is 4.52. The van der Waals surface area contributed by atoms with Crippen LogP contribution in [-0.4, -0.2) is 17.3 Å². The van der Waals surface area contributed by atoms with Crippen molar-refractivity contribution in [2.24, 2.45) is 5.92 Å². The topological polar surface area (TPSA) is 32.3 Å². The Kier molecular flexibility index (Phi) is 5.47. The SMILES string of the molecule is CCCC1CCCC(CO)(Nc2ccc(C)cc2)CC1. The average molecular weight is 275 g/mol. The molecule has 0 aliphatic heterocycles. The molecule has 0 spiro atoms. The van der Waals surface area contributed by atoms with E-state index in [0.29, 0.717) is 0 Å². The van der Waals surface area contributed by atoms with Crippen molar-refractivity contribution in [2.75, 3.05) is 11.9 Å². The van der Waals surface area contributed by atoms with Gasteiger partial charge in [-0.2, -0.15) is 0 Å². The van der Waals surface area contributed by atoms with Gasteiger partial charge in [0.1, 0.15) is 0 Å². The van der Waals surface area contributed by atoms with E-state index in [1.54, 1.807) is 0 Å². The van der Waals surface area contributed by atoms with Crippen molar-refractivity contribution < 1.29 is 5.11 Å². The Bertz CT molecular complexity index is 400. The highest BCUT2D eigenvalue weighted by molar-refractivity contribution is 5.47. The van der Waals surface area contributed by atoms with E-state index in [1.807, 2.05) is 0 Å². The van der Waals surface area contributed by atoms with E-state index in [4.69, 9.17) is 0 Å². The van der Waals surface area contributed by atoms with Crippen LogP contribution in [0.2, 0.25) is 0 Å². The van der Waals surface area contributed by atoms with E-state index in [2.05, 4.69) is 43.4 Å². The van der Waals surface area contributed by atoms with Gasteiger partial charge in [-0.1, -0.05) is 50.3 Å². The lowest BCUT2D eigenvalue weighted by Crippen LogP contribution is -2.41. The zero-order valence-electron chi connectivity index (χ0n) is 13.0. The molecule has 2 nitrogen and oxygen atoms in total. The Morgan fingerprint density at radius 2 is 1.95 bits per heavy atom. The molecule has 1 aromatic rings. The molecule has 2 unspecified atom stereocenters. The van der Waals surface area contributed by atoms with Gasteiger partial charge in [0.05, 0.1) is 12.1 Å². The number of aliphatic hydroxyl groups is 1. The Morgan fingerprint density at radius 1 is 1.20 bits per heavy atom. The summed E-state index contributed by atoms with van der Waals surface area (Å²) < 4.78 is 0. The van der Waals surface area contributed by atoms with Crippen LogP contribution >= 0.6 is 0 Å². The van der Waals surface area contributed by atoms with E-state index in [1.165, 1.54) is 37.7 Å². The number of hydrogen-bond donors (Lipinski definition) is 2. The van der Waals surface area contributed by atoms with Gasteiger partial charge < -0.3 is 10.4 Å².